The highest BCUT2D eigenvalue weighted by atomic mass is 16.5. The highest BCUT2D eigenvalue weighted by molar-refractivity contribution is 6.07. The lowest BCUT2D eigenvalue weighted by molar-refractivity contribution is -0.125. The number of imide groups is 1. The van der Waals surface area contributed by atoms with E-state index in [0.717, 1.165) is 22.8 Å². The van der Waals surface area contributed by atoms with Crippen molar-refractivity contribution in [2.45, 2.75) is 25.9 Å². The lowest BCUT2D eigenvalue weighted by Gasteiger charge is -2.32. The van der Waals surface area contributed by atoms with Crippen LogP contribution in [0.15, 0.2) is 23.2 Å². The topological polar surface area (TPSA) is 80.2 Å². The number of methoxy groups -OCH3 is 1. The van der Waals surface area contributed by atoms with Crippen molar-refractivity contribution >= 4 is 23.3 Å². The molecule has 0 aromatic heterocycles. The number of carbonyl (C=O) groups is 2. The summed E-state index contributed by atoms with van der Waals surface area (Å²) in [5.41, 5.74) is 1.75. The van der Waals surface area contributed by atoms with Crippen LogP contribution in [0.2, 0.25) is 0 Å². The van der Waals surface area contributed by atoms with Crippen LogP contribution in [0, 0.1) is 0 Å². The van der Waals surface area contributed by atoms with Gasteiger partial charge in [-0.25, -0.2) is 4.99 Å². The maximum Gasteiger partial charge on any atom is 0.249 e. The molecule has 7 heteroatoms. The molecule has 23 heavy (non-hydrogen) atoms. The number of amides is 2. The van der Waals surface area contributed by atoms with Gasteiger partial charge < -0.3 is 14.4 Å². The van der Waals surface area contributed by atoms with E-state index in [2.05, 4.69) is 10.3 Å². The van der Waals surface area contributed by atoms with Gasteiger partial charge in [-0.05, 0) is 19.1 Å². The summed E-state index contributed by atoms with van der Waals surface area (Å²) in [4.78, 5) is 29.8. The summed E-state index contributed by atoms with van der Waals surface area (Å²) in [5.74, 6) is 0.931. The molecule has 0 radical (unpaired) electrons. The van der Waals surface area contributed by atoms with Crippen molar-refractivity contribution < 1.29 is 19.1 Å². The highest BCUT2D eigenvalue weighted by Crippen LogP contribution is 2.35. The maximum absolute atomic E-state index is 12.0. The molecule has 1 saturated heterocycles. The Morgan fingerprint density at radius 3 is 2.87 bits per heavy atom. The minimum Gasteiger partial charge on any atom is -0.491 e. The maximum atomic E-state index is 12.0. The van der Waals surface area contributed by atoms with E-state index in [1.807, 2.05) is 30.0 Å². The summed E-state index contributed by atoms with van der Waals surface area (Å²) >= 11 is 0. The first-order valence-electron chi connectivity index (χ1n) is 7.49. The molecule has 1 N–H and O–H groups in total. The Morgan fingerprint density at radius 2 is 2.17 bits per heavy atom. The number of nitrogens with one attached hydrogen (secondary N) is 1. The number of hydrogen-bond donors (Lipinski definition) is 1. The number of hydrogen-bond acceptors (Lipinski definition) is 6. The zero-order valence-corrected chi connectivity index (χ0v) is 13.2. The first-order valence-corrected chi connectivity index (χ1v) is 7.49. The summed E-state index contributed by atoms with van der Waals surface area (Å²) in [6, 6.07) is 5.17. The fraction of sp³-hybridized carbons (Fsp3) is 0.438. The Bertz CT molecular complexity index is 671. The van der Waals surface area contributed by atoms with Crippen LogP contribution in [0.3, 0.4) is 0 Å². The zero-order valence-electron chi connectivity index (χ0n) is 13.2. The fourth-order valence-electron chi connectivity index (χ4n) is 2.84. The molecule has 0 bridgehead atoms. The molecule has 1 atom stereocenters. The fourth-order valence-corrected chi connectivity index (χ4v) is 2.84. The second-order valence-corrected chi connectivity index (χ2v) is 5.51. The highest BCUT2D eigenvalue weighted by Gasteiger charge is 2.37. The Kier molecular flexibility index (Phi) is 4.29. The van der Waals surface area contributed by atoms with Crippen LogP contribution in [-0.2, 0) is 20.9 Å². The van der Waals surface area contributed by atoms with E-state index in [1.165, 1.54) is 0 Å². The van der Waals surface area contributed by atoms with E-state index >= 15 is 0 Å². The van der Waals surface area contributed by atoms with E-state index in [-0.39, 0.29) is 18.2 Å². The van der Waals surface area contributed by atoms with Crippen LogP contribution in [0.5, 0.6) is 5.75 Å². The summed E-state index contributed by atoms with van der Waals surface area (Å²) in [5, 5.41) is 2.34. The Balaban J connectivity index is 1.86. The molecule has 0 saturated carbocycles. The van der Waals surface area contributed by atoms with Gasteiger partial charge in [-0.3, -0.25) is 14.9 Å². The minimum atomic E-state index is -0.508. The molecule has 0 spiro atoms. The van der Waals surface area contributed by atoms with Gasteiger partial charge in [0.2, 0.25) is 11.8 Å². The van der Waals surface area contributed by atoms with Gasteiger partial charge in [0.05, 0.1) is 25.3 Å². The lowest BCUT2D eigenvalue weighted by Crippen LogP contribution is -2.44. The van der Waals surface area contributed by atoms with E-state index in [9.17, 15) is 9.59 Å². The zero-order chi connectivity index (χ0) is 16.4. The number of aliphatic imine (C=N–C) groups is 1. The molecule has 2 aliphatic rings. The predicted octanol–water partition coefficient (Wildman–Crippen LogP) is 0.992. The standard InChI is InChI=1S/C16H19N3O4/c1-10-17-12-4-3-5-14(23-7-6-22-2)11(12)9-19(10)13-8-15(20)18-16(13)21/h3-5,13H,6-9H2,1-2H3,(H,18,20,21). The van der Waals surface area contributed by atoms with E-state index in [0.29, 0.717) is 19.8 Å². The first kappa shape index (κ1) is 15.5. The van der Waals surface area contributed by atoms with Gasteiger partial charge in [0.15, 0.2) is 0 Å². The third-order valence-corrected chi connectivity index (χ3v) is 4.00. The molecule has 1 fully saturated rings. The Labute approximate surface area is 134 Å². The monoisotopic (exact) mass is 317 g/mol. The van der Waals surface area contributed by atoms with Crippen LogP contribution >= 0.6 is 0 Å². The van der Waals surface area contributed by atoms with E-state index < -0.39 is 6.04 Å². The summed E-state index contributed by atoms with van der Waals surface area (Å²) < 4.78 is 10.8. The molecule has 0 aliphatic carbocycles. The van der Waals surface area contributed by atoms with Crippen molar-refractivity contribution in [2.75, 3.05) is 20.3 Å². The van der Waals surface area contributed by atoms with Gasteiger partial charge in [-0.1, -0.05) is 6.07 Å². The molecule has 1 aromatic rings. The molecule has 2 amide bonds. The third kappa shape index (κ3) is 3.05. The molecule has 1 unspecified atom stereocenters. The van der Waals surface area contributed by atoms with Gasteiger partial charge in [0.25, 0.3) is 0 Å². The molecule has 122 valence electrons. The number of ether oxygens (including phenoxy) is 2. The second kappa shape index (κ2) is 6.37. The average Bonchev–Trinajstić information content (AvgIpc) is 2.85. The average molecular weight is 317 g/mol. The molecule has 3 rings (SSSR count). The van der Waals surface area contributed by atoms with Crippen LogP contribution in [0.4, 0.5) is 5.69 Å². The number of carbonyl (C=O) groups excluding carboxylic acids is 2. The van der Waals surface area contributed by atoms with Gasteiger partial charge in [0, 0.05) is 12.7 Å². The number of rotatable bonds is 5. The molecule has 1 aromatic carbocycles. The molecule has 2 aliphatic heterocycles. The van der Waals surface area contributed by atoms with Crippen molar-refractivity contribution in [3.8, 4) is 5.75 Å². The quantitative estimate of drug-likeness (QED) is 0.647. The Hall–Kier alpha value is -2.41. The van der Waals surface area contributed by atoms with Crippen LogP contribution in [0.25, 0.3) is 0 Å². The first-order chi connectivity index (χ1) is 11.1. The van der Waals surface area contributed by atoms with Crippen molar-refractivity contribution in [2.24, 2.45) is 4.99 Å². The number of amidine groups is 1. The van der Waals surface area contributed by atoms with E-state index in [1.54, 1.807) is 7.11 Å². The molecular weight excluding hydrogens is 298 g/mol. The number of nitrogens with zero attached hydrogens (tertiary/aromatic N) is 2. The summed E-state index contributed by atoms with van der Waals surface area (Å²) in [6.45, 7) is 3.27. The van der Waals surface area contributed by atoms with Gasteiger partial charge in [0.1, 0.15) is 24.2 Å². The van der Waals surface area contributed by atoms with Gasteiger partial charge >= 0.3 is 0 Å². The van der Waals surface area contributed by atoms with Crippen molar-refractivity contribution in [1.29, 1.82) is 0 Å². The normalized spacial score (nSPS) is 20.2. The second-order valence-electron chi connectivity index (χ2n) is 5.51. The van der Waals surface area contributed by atoms with Crippen LogP contribution < -0.4 is 10.1 Å². The van der Waals surface area contributed by atoms with Gasteiger partial charge in [-0.2, -0.15) is 0 Å². The van der Waals surface area contributed by atoms with Gasteiger partial charge in [-0.15, -0.1) is 0 Å². The minimum absolute atomic E-state index is 0.160. The molecule has 2 heterocycles. The van der Waals surface area contributed by atoms with Crippen molar-refractivity contribution in [3.63, 3.8) is 0 Å². The predicted molar refractivity (Wildman–Crippen MR) is 83.7 cm³/mol. The third-order valence-electron chi connectivity index (χ3n) is 4.00. The lowest BCUT2D eigenvalue weighted by atomic mass is 10.1. The molecular formula is C16H19N3O4. The largest absolute Gasteiger partial charge is 0.491 e. The van der Waals surface area contributed by atoms with E-state index in [4.69, 9.17) is 9.47 Å². The Morgan fingerprint density at radius 1 is 1.35 bits per heavy atom. The van der Waals surface area contributed by atoms with Crippen LogP contribution in [0.1, 0.15) is 18.9 Å². The van der Waals surface area contributed by atoms with Crippen LogP contribution in [-0.4, -0.2) is 48.9 Å². The van der Waals surface area contributed by atoms with Crippen molar-refractivity contribution in [3.05, 3.63) is 23.8 Å². The molecule has 7 nitrogen and oxygen atoms in total. The summed E-state index contributed by atoms with van der Waals surface area (Å²) in [7, 11) is 1.62. The smallest absolute Gasteiger partial charge is 0.249 e. The SMILES string of the molecule is COCCOc1cccc2c1CN(C1CC(=O)NC1=O)C(C)=N2. The number of benzene rings is 1. The van der Waals surface area contributed by atoms with Crippen molar-refractivity contribution in [1.82, 2.24) is 10.2 Å². The number of fused-ring (bicyclic) bond motifs is 1. The summed E-state index contributed by atoms with van der Waals surface area (Å²) in [6.07, 6.45) is 0.160.